The maximum atomic E-state index is 13.1. The van der Waals surface area contributed by atoms with Gasteiger partial charge in [-0.25, -0.2) is 4.98 Å². The van der Waals surface area contributed by atoms with E-state index in [1.165, 1.54) is 6.42 Å². The molecule has 3 heterocycles. The first-order valence-corrected chi connectivity index (χ1v) is 11.3. The van der Waals surface area contributed by atoms with E-state index in [-0.39, 0.29) is 24.3 Å². The van der Waals surface area contributed by atoms with Crippen LogP contribution in [0.4, 0.5) is 5.69 Å². The van der Waals surface area contributed by atoms with Crippen LogP contribution in [0.3, 0.4) is 0 Å². The van der Waals surface area contributed by atoms with Gasteiger partial charge in [0.2, 0.25) is 11.8 Å². The highest BCUT2D eigenvalue weighted by molar-refractivity contribution is 5.98. The van der Waals surface area contributed by atoms with Crippen LogP contribution < -0.4 is 9.64 Å². The number of para-hydroxylation sites is 4. The highest BCUT2D eigenvalue weighted by Gasteiger charge is 2.36. The van der Waals surface area contributed by atoms with Crippen LogP contribution >= 0.6 is 0 Å². The second-order valence-corrected chi connectivity index (χ2v) is 8.56. The van der Waals surface area contributed by atoms with Gasteiger partial charge in [-0.3, -0.25) is 9.59 Å². The smallest absolute Gasteiger partial charge is 0.242 e. The molecule has 2 aromatic carbocycles. The molecule has 1 atom stereocenters. The first-order chi connectivity index (χ1) is 15.7. The van der Waals surface area contributed by atoms with Gasteiger partial charge >= 0.3 is 0 Å². The average Bonchev–Trinajstić information content (AvgIpc) is 3.40. The standard InChI is InChI=1S/C25H28N4O3/c1-32-22-12-6-5-11-21(22)28-16-18(15-23(28)30)25-26-19-9-3-4-10-20(19)29(25)17-24(31)27-13-7-2-8-14-27/h3-6,9-12,18H,2,7-8,13-17H2,1H3/t18-/m1/s1. The second kappa shape index (κ2) is 8.65. The van der Waals surface area contributed by atoms with Crippen LogP contribution in [-0.4, -0.2) is 53.0 Å². The topological polar surface area (TPSA) is 67.7 Å². The maximum absolute atomic E-state index is 13.1. The number of imidazole rings is 1. The first-order valence-electron chi connectivity index (χ1n) is 11.3. The monoisotopic (exact) mass is 432 g/mol. The molecule has 1 aromatic heterocycles. The molecule has 0 aliphatic carbocycles. The van der Waals surface area contributed by atoms with E-state index in [2.05, 4.69) is 0 Å². The Morgan fingerprint density at radius 1 is 1.06 bits per heavy atom. The number of likely N-dealkylation sites (tertiary alicyclic amines) is 1. The number of hydrogen-bond donors (Lipinski definition) is 0. The molecule has 32 heavy (non-hydrogen) atoms. The summed E-state index contributed by atoms with van der Waals surface area (Å²) in [5.41, 5.74) is 2.57. The van der Waals surface area contributed by atoms with Crippen LogP contribution in [0.15, 0.2) is 48.5 Å². The van der Waals surface area contributed by atoms with Crippen LogP contribution in [0, 0.1) is 0 Å². The number of aromatic nitrogens is 2. The molecule has 0 radical (unpaired) electrons. The summed E-state index contributed by atoms with van der Waals surface area (Å²) in [7, 11) is 1.61. The number of carbonyl (C=O) groups is 2. The summed E-state index contributed by atoms with van der Waals surface area (Å²) in [4.78, 5) is 34.7. The van der Waals surface area contributed by atoms with Gasteiger partial charge in [-0.2, -0.15) is 0 Å². The van der Waals surface area contributed by atoms with Crippen molar-refractivity contribution in [2.24, 2.45) is 0 Å². The highest BCUT2D eigenvalue weighted by atomic mass is 16.5. The van der Waals surface area contributed by atoms with Gasteiger partial charge in [0.15, 0.2) is 0 Å². The molecule has 2 amide bonds. The fourth-order valence-electron chi connectivity index (χ4n) is 4.92. The van der Waals surface area contributed by atoms with Crippen LogP contribution in [0.1, 0.15) is 37.4 Å². The summed E-state index contributed by atoms with van der Waals surface area (Å²) in [6.45, 7) is 2.42. The lowest BCUT2D eigenvalue weighted by molar-refractivity contribution is -0.132. The molecular formula is C25H28N4O3. The van der Waals surface area contributed by atoms with Gasteiger partial charge < -0.3 is 19.1 Å². The zero-order valence-electron chi connectivity index (χ0n) is 18.4. The first kappa shape index (κ1) is 20.5. The lowest BCUT2D eigenvalue weighted by Gasteiger charge is -2.27. The van der Waals surface area contributed by atoms with Crippen molar-refractivity contribution in [3.63, 3.8) is 0 Å². The molecule has 2 aliphatic rings. The Morgan fingerprint density at radius 3 is 2.62 bits per heavy atom. The summed E-state index contributed by atoms with van der Waals surface area (Å²) in [5, 5.41) is 0. The number of carbonyl (C=O) groups excluding carboxylic acids is 2. The molecule has 7 heteroatoms. The van der Waals surface area contributed by atoms with Crippen LogP contribution in [0.25, 0.3) is 11.0 Å². The fourth-order valence-corrected chi connectivity index (χ4v) is 4.92. The summed E-state index contributed by atoms with van der Waals surface area (Å²) >= 11 is 0. The van der Waals surface area contributed by atoms with Gasteiger partial charge in [-0.1, -0.05) is 24.3 Å². The Morgan fingerprint density at radius 2 is 1.81 bits per heavy atom. The van der Waals surface area contributed by atoms with E-state index in [0.717, 1.165) is 48.5 Å². The zero-order valence-corrected chi connectivity index (χ0v) is 18.4. The predicted octanol–water partition coefficient (Wildman–Crippen LogP) is 3.58. The van der Waals surface area contributed by atoms with Gasteiger partial charge in [-0.05, 0) is 43.5 Å². The average molecular weight is 433 g/mol. The van der Waals surface area contributed by atoms with E-state index < -0.39 is 0 Å². The minimum absolute atomic E-state index is 0.0421. The zero-order chi connectivity index (χ0) is 22.1. The quantitative estimate of drug-likeness (QED) is 0.618. The number of methoxy groups -OCH3 is 1. The Bertz CT molecular complexity index is 1150. The third-order valence-electron chi connectivity index (χ3n) is 6.55. The van der Waals surface area contributed by atoms with Gasteiger partial charge in [0.05, 0.1) is 23.8 Å². The minimum atomic E-state index is -0.0889. The Balaban J connectivity index is 1.47. The van der Waals surface area contributed by atoms with Crippen molar-refractivity contribution in [1.82, 2.24) is 14.5 Å². The number of fused-ring (bicyclic) bond motifs is 1. The minimum Gasteiger partial charge on any atom is -0.495 e. The van der Waals surface area contributed by atoms with Crippen molar-refractivity contribution in [2.75, 3.05) is 31.6 Å². The number of nitrogens with zero attached hydrogens (tertiary/aromatic N) is 4. The molecule has 0 unspecified atom stereocenters. The Kier molecular flexibility index (Phi) is 5.55. The van der Waals surface area contributed by atoms with Crippen molar-refractivity contribution in [3.05, 3.63) is 54.4 Å². The molecule has 2 fully saturated rings. The van der Waals surface area contributed by atoms with Crippen molar-refractivity contribution in [3.8, 4) is 5.75 Å². The summed E-state index contributed by atoms with van der Waals surface area (Å²) in [6, 6.07) is 15.5. The maximum Gasteiger partial charge on any atom is 0.242 e. The Hall–Kier alpha value is -3.35. The largest absolute Gasteiger partial charge is 0.495 e. The molecule has 2 saturated heterocycles. The van der Waals surface area contributed by atoms with E-state index in [9.17, 15) is 9.59 Å². The van der Waals surface area contributed by atoms with Crippen LogP contribution in [0.2, 0.25) is 0 Å². The molecule has 2 aliphatic heterocycles. The van der Waals surface area contributed by atoms with E-state index in [1.54, 1.807) is 12.0 Å². The van der Waals surface area contributed by atoms with E-state index >= 15 is 0 Å². The SMILES string of the molecule is COc1ccccc1N1C[C@H](c2nc3ccccc3n2CC(=O)N2CCCCC2)CC1=O. The van der Waals surface area contributed by atoms with E-state index in [4.69, 9.17) is 9.72 Å². The Labute approximate surface area is 187 Å². The number of piperidine rings is 1. The lowest BCUT2D eigenvalue weighted by Crippen LogP contribution is -2.38. The lowest BCUT2D eigenvalue weighted by atomic mass is 10.1. The van der Waals surface area contributed by atoms with Gasteiger partial charge in [0.25, 0.3) is 0 Å². The third kappa shape index (κ3) is 3.72. The van der Waals surface area contributed by atoms with Gasteiger partial charge in [0.1, 0.15) is 18.1 Å². The molecule has 3 aromatic rings. The van der Waals surface area contributed by atoms with Crippen molar-refractivity contribution in [2.45, 2.75) is 38.1 Å². The van der Waals surface area contributed by atoms with Gasteiger partial charge in [0, 0.05) is 32.0 Å². The number of hydrogen-bond acceptors (Lipinski definition) is 4. The predicted molar refractivity (Wildman–Crippen MR) is 123 cm³/mol. The molecule has 0 N–H and O–H groups in total. The third-order valence-corrected chi connectivity index (χ3v) is 6.55. The molecule has 5 rings (SSSR count). The normalized spacial score (nSPS) is 19.0. The molecule has 166 valence electrons. The fraction of sp³-hybridized carbons (Fsp3) is 0.400. The number of amides is 2. The summed E-state index contributed by atoms with van der Waals surface area (Å²) in [6.07, 6.45) is 3.67. The van der Waals surface area contributed by atoms with Crippen LogP contribution in [0.5, 0.6) is 5.75 Å². The molecular weight excluding hydrogens is 404 g/mol. The summed E-state index contributed by atoms with van der Waals surface area (Å²) < 4.78 is 7.50. The number of ether oxygens (including phenoxy) is 1. The molecule has 0 saturated carbocycles. The van der Waals surface area contributed by atoms with E-state index in [1.807, 2.05) is 58.0 Å². The van der Waals surface area contributed by atoms with Crippen LogP contribution in [-0.2, 0) is 16.1 Å². The van der Waals surface area contributed by atoms with Crippen molar-refractivity contribution >= 4 is 28.5 Å². The molecule has 7 nitrogen and oxygen atoms in total. The number of rotatable bonds is 5. The molecule has 0 bridgehead atoms. The van der Waals surface area contributed by atoms with Gasteiger partial charge in [-0.15, -0.1) is 0 Å². The second-order valence-electron chi connectivity index (χ2n) is 8.56. The summed E-state index contributed by atoms with van der Waals surface area (Å²) in [5.74, 6) is 1.56. The van der Waals surface area contributed by atoms with Crippen molar-refractivity contribution < 1.29 is 14.3 Å². The number of benzene rings is 2. The number of anilines is 1. The highest BCUT2D eigenvalue weighted by Crippen LogP contribution is 2.37. The molecule has 0 spiro atoms. The van der Waals surface area contributed by atoms with E-state index in [0.29, 0.717) is 18.7 Å². The van der Waals surface area contributed by atoms with Crippen molar-refractivity contribution in [1.29, 1.82) is 0 Å².